The minimum Gasteiger partial charge on any atom is -0.457 e. The first-order chi connectivity index (χ1) is 19.4. The second-order valence-corrected chi connectivity index (χ2v) is 10.5. The predicted octanol–water partition coefficient (Wildman–Crippen LogP) is 9.25. The van der Waals surface area contributed by atoms with Gasteiger partial charge in [0.05, 0.1) is 16.4 Å². The molecule has 0 radical (unpaired) electrons. The van der Waals surface area contributed by atoms with Crippen LogP contribution in [0.5, 0.6) is 11.5 Å². The van der Waals surface area contributed by atoms with Crippen molar-refractivity contribution in [1.82, 2.24) is 4.57 Å². The Morgan fingerprint density at radius 2 is 1.05 bits per heavy atom. The van der Waals surface area contributed by atoms with Gasteiger partial charge < -0.3 is 9.30 Å². The molecule has 39 heavy (non-hydrogen) atoms. The Bertz CT molecular complexity index is 2050. The van der Waals surface area contributed by atoms with Gasteiger partial charge in [0.25, 0.3) is 0 Å². The van der Waals surface area contributed by atoms with Crippen LogP contribution in [0.25, 0.3) is 38.6 Å². The van der Waals surface area contributed by atoms with Gasteiger partial charge in [-0.1, -0.05) is 103 Å². The third-order valence-electron chi connectivity index (χ3n) is 8.66. The van der Waals surface area contributed by atoms with Gasteiger partial charge in [0, 0.05) is 27.6 Å². The maximum absolute atomic E-state index is 6.76. The molecule has 0 atom stereocenters. The summed E-state index contributed by atoms with van der Waals surface area (Å²) in [6.07, 6.45) is 0. The Kier molecular flexibility index (Phi) is 4.02. The second-order valence-electron chi connectivity index (χ2n) is 10.5. The molecule has 6 aromatic carbocycles. The van der Waals surface area contributed by atoms with Crippen molar-refractivity contribution in [2.24, 2.45) is 0 Å². The number of hydrogen-bond donors (Lipinski definition) is 0. The largest absolute Gasteiger partial charge is 0.457 e. The zero-order valence-electron chi connectivity index (χ0n) is 21.1. The number of rotatable bonds is 1. The quantitative estimate of drug-likeness (QED) is 0.220. The van der Waals surface area contributed by atoms with Crippen molar-refractivity contribution in [3.05, 3.63) is 162 Å². The first-order valence-corrected chi connectivity index (χ1v) is 13.5. The molecular weight excluding hydrogens is 474 g/mol. The minimum atomic E-state index is -0.469. The van der Waals surface area contributed by atoms with E-state index >= 15 is 0 Å². The number of fused-ring (bicyclic) bond motifs is 12. The van der Waals surface area contributed by atoms with Crippen LogP contribution in [0.4, 0.5) is 0 Å². The average molecular weight is 498 g/mol. The summed E-state index contributed by atoms with van der Waals surface area (Å²) in [7, 11) is 0. The normalized spacial score (nSPS) is 14.1. The molecular formula is C37H23NO. The third-order valence-corrected chi connectivity index (χ3v) is 8.66. The second kappa shape index (κ2) is 7.49. The molecule has 0 saturated heterocycles. The molecule has 7 aromatic rings. The highest BCUT2D eigenvalue weighted by molar-refractivity contribution is 6.10. The summed E-state index contributed by atoms with van der Waals surface area (Å²) in [5.74, 6) is 1.84. The molecule has 1 spiro atoms. The first-order valence-electron chi connectivity index (χ1n) is 13.5. The van der Waals surface area contributed by atoms with Crippen LogP contribution in [-0.2, 0) is 5.41 Å². The standard InChI is InChI=1S/C37H23NO/c1-2-12-24(13-3-1)38-33-20-10-6-16-27(33)28-22-36-32(23-34(28)38)37(31-19-9-11-21-35(31)39-36)29-17-7-4-14-25(29)26-15-5-8-18-30(26)37/h1-23H. The van der Waals surface area contributed by atoms with Crippen molar-refractivity contribution in [1.29, 1.82) is 0 Å². The van der Waals surface area contributed by atoms with Crippen LogP contribution in [0.3, 0.4) is 0 Å². The highest BCUT2D eigenvalue weighted by Crippen LogP contribution is 2.62. The lowest BCUT2D eigenvalue weighted by molar-refractivity contribution is 0.437. The van der Waals surface area contributed by atoms with Crippen molar-refractivity contribution >= 4 is 21.8 Å². The highest BCUT2D eigenvalue weighted by Gasteiger charge is 2.51. The van der Waals surface area contributed by atoms with E-state index in [0.29, 0.717) is 0 Å². The van der Waals surface area contributed by atoms with E-state index in [1.54, 1.807) is 0 Å². The van der Waals surface area contributed by atoms with Gasteiger partial charge in [-0.15, -0.1) is 0 Å². The molecule has 2 heteroatoms. The van der Waals surface area contributed by atoms with E-state index in [2.05, 4.69) is 144 Å². The first kappa shape index (κ1) is 20.9. The van der Waals surface area contributed by atoms with Crippen LogP contribution in [0.1, 0.15) is 22.3 Å². The van der Waals surface area contributed by atoms with Gasteiger partial charge in [-0.3, -0.25) is 0 Å². The van der Waals surface area contributed by atoms with Crippen LogP contribution < -0.4 is 4.74 Å². The van der Waals surface area contributed by atoms with Crippen LogP contribution in [0, 0.1) is 0 Å². The van der Waals surface area contributed by atoms with E-state index in [0.717, 1.165) is 17.2 Å². The Labute approximate surface area is 226 Å². The molecule has 0 fully saturated rings. The SMILES string of the molecule is c1ccc(-n2c3ccccc3c3cc4c(cc32)C2(c3ccccc3O4)c3ccccc3-c3ccccc32)cc1. The Morgan fingerprint density at radius 3 is 1.82 bits per heavy atom. The van der Waals surface area contributed by atoms with E-state index in [9.17, 15) is 0 Å². The summed E-state index contributed by atoms with van der Waals surface area (Å²) in [5.41, 5.74) is 10.6. The lowest BCUT2D eigenvalue weighted by Gasteiger charge is -2.39. The lowest BCUT2D eigenvalue weighted by Crippen LogP contribution is -2.32. The van der Waals surface area contributed by atoms with Gasteiger partial charge in [0.2, 0.25) is 0 Å². The molecule has 0 unspecified atom stereocenters. The van der Waals surface area contributed by atoms with Crippen molar-refractivity contribution in [3.63, 3.8) is 0 Å². The van der Waals surface area contributed by atoms with Crippen LogP contribution >= 0.6 is 0 Å². The molecule has 0 saturated carbocycles. The van der Waals surface area contributed by atoms with Gasteiger partial charge in [0.1, 0.15) is 11.5 Å². The number of para-hydroxylation sites is 3. The molecule has 0 N–H and O–H groups in total. The van der Waals surface area contributed by atoms with E-state index in [-0.39, 0.29) is 0 Å². The number of ether oxygens (including phenoxy) is 1. The summed E-state index contributed by atoms with van der Waals surface area (Å²) in [6, 6.07) is 50.4. The van der Waals surface area contributed by atoms with Gasteiger partial charge in [-0.05, 0) is 58.7 Å². The van der Waals surface area contributed by atoms with Crippen LogP contribution in [0.2, 0.25) is 0 Å². The summed E-state index contributed by atoms with van der Waals surface area (Å²) in [6.45, 7) is 0. The molecule has 9 rings (SSSR count). The number of benzene rings is 6. The number of aromatic nitrogens is 1. The average Bonchev–Trinajstić information content (AvgIpc) is 3.48. The molecule has 2 aliphatic rings. The van der Waals surface area contributed by atoms with Crippen LogP contribution in [-0.4, -0.2) is 4.57 Å². The minimum absolute atomic E-state index is 0.469. The smallest absolute Gasteiger partial charge is 0.133 e. The molecule has 0 bridgehead atoms. The van der Waals surface area contributed by atoms with Gasteiger partial charge in [-0.2, -0.15) is 0 Å². The van der Waals surface area contributed by atoms with Gasteiger partial charge in [0.15, 0.2) is 0 Å². The maximum atomic E-state index is 6.76. The van der Waals surface area contributed by atoms with Gasteiger partial charge >= 0.3 is 0 Å². The molecule has 1 aromatic heterocycles. The Hall–Kier alpha value is -5.08. The summed E-state index contributed by atoms with van der Waals surface area (Å²) >= 11 is 0. The molecule has 182 valence electrons. The summed E-state index contributed by atoms with van der Waals surface area (Å²) in [4.78, 5) is 0. The maximum Gasteiger partial charge on any atom is 0.133 e. The van der Waals surface area contributed by atoms with Crippen LogP contribution in [0.15, 0.2) is 140 Å². The highest BCUT2D eigenvalue weighted by atomic mass is 16.5. The third kappa shape index (κ3) is 2.56. The predicted molar refractivity (Wildman–Crippen MR) is 158 cm³/mol. The zero-order valence-corrected chi connectivity index (χ0v) is 21.1. The number of nitrogens with zero attached hydrogens (tertiary/aromatic N) is 1. The van der Waals surface area contributed by atoms with E-state index in [4.69, 9.17) is 4.74 Å². The monoisotopic (exact) mass is 497 g/mol. The van der Waals surface area contributed by atoms with Gasteiger partial charge in [-0.25, -0.2) is 0 Å². The topological polar surface area (TPSA) is 14.2 Å². The molecule has 0 amide bonds. The fourth-order valence-corrected chi connectivity index (χ4v) is 7.17. The van der Waals surface area contributed by atoms with Crippen molar-refractivity contribution < 1.29 is 4.74 Å². The molecule has 1 aliphatic carbocycles. The fraction of sp³-hybridized carbons (Fsp3) is 0.0270. The summed E-state index contributed by atoms with van der Waals surface area (Å²) < 4.78 is 9.15. The van der Waals surface area contributed by atoms with Crippen molar-refractivity contribution in [2.75, 3.05) is 0 Å². The van der Waals surface area contributed by atoms with E-state index < -0.39 is 5.41 Å². The van der Waals surface area contributed by atoms with E-state index in [1.807, 2.05) is 0 Å². The van der Waals surface area contributed by atoms with Crippen molar-refractivity contribution in [3.8, 4) is 28.3 Å². The summed E-state index contributed by atoms with van der Waals surface area (Å²) in [5, 5.41) is 2.42. The van der Waals surface area contributed by atoms with E-state index in [1.165, 1.54) is 55.2 Å². The van der Waals surface area contributed by atoms with Crippen molar-refractivity contribution in [2.45, 2.75) is 5.41 Å². The molecule has 2 heterocycles. The Balaban J connectivity index is 1.49. The Morgan fingerprint density at radius 1 is 0.436 bits per heavy atom. The molecule has 2 nitrogen and oxygen atoms in total. The lowest BCUT2D eigenvalue weighted by atomic mass is 9.66. The number of hydrogen-bond acceptors (Lipinski definition) is 1. The fourth-order valence-electron chi connectivity index (χ4n) is 7.17. The zero-order chi connectivity index (χ0) is 25.6. The molecule has 1 aliphatic heterocycles.